The van der Waals surface area contributed by atoms with Gasteiger partial charge in [-0.2, -0.15) is 14.6 Å². The van der Waals surface area contributed by atoms with Crippen LogP contribution in [0, 0.1) is 5.82 Å². The highest BCUT2D eigenvalue weighted by atomic mass is 32.2. The van der Waals surface area contributed by atoms with Crippen LogP contribution >= 0.6 is 0 Å². The van der Waals surface area contributed by atoms with Gasteiger partial charge in [0.15, 0.2) is 11.4 Å². The number of ether oxygens (including phenoxy) is 1. The molecule has 1 atom stereocenters. The zero-order valence-corrected chi connectivity index (χ0v) is 23.6. The number of nitrogens with zero attached hydrogens (tertiary/aromatic N) is 7. The van der Waals surface area contributed by atoms with Gasteiger partial charge in [-0.05, 0) is 30.3 Å². The molecule has 0 radical (unpaired) electrons. The van der Waals surface area contributed by atoms with E-state index in [1.54, 1.807) is 46.9 Å². The first-order chi connectivity index (χ1) is 19.8. The smallest absolute Gasteiger partial charge is 0.330 e. The van der Waals surface area contributed by atoms with E-state index in [0.29, 0.717) is 84.6 Å². The van der Waals surface area contributed by atoms with Crippen molar-refractivity contribution >= 4 is 39.5 Å². The topological polar surface area (TPSA) is 135 Å². The molecule has 0 saturated carbocycles. The highest BCUT2D eigenvalue weighted by Crippen LogP contribution is 2.27. The fraction of sp³-hybridized carbons (Fsp3) is 0.370. The highest BCUT2D eigenvalue weighted by Gasteiger charge is 2.23. The molecule has 0 amide bonds. The van der Waals surface area contributed by atoms with Crippen LogP contribution in [0.15, 0.2) is 51.9 Å². The molecule has 1 saturated heterocycles. The van der Waals surface area contributed by atoms with Gasteiger partial charge in [0.2, 0.25) is 5.95 Å². The maximum Gasteiger partial charge on any atom is 0.330 e. The Labute approximate surface area is 237 Å². The second-order valence-corrected chi connectivity index (χ2v) is 11.6. The Balaban J connectivity index is 1.14. The molecule has 5 heterocycles. The molecule has 6 rings (SSSR count). The maximum atomic E-state index is 14.8. The number of hydrogen-bond donors (Lipinski definition) is 1. The van der Waals surface area contributed by atoms with Gasteiger partial charge in [-0.15, -0.1) is 0 Å². The number of halogens is 1. The fourth-order valence-electron chi connectivity index (χ4n) is 5.24. The largest absolute Gasteiger partial charge is 0.616 e. The predicted molar refractivity (Wildman–Crippen MR) is 155 cm³/mol. The lowest BCUT2D eigenvalue weighted by Gasteiger charge is -2.36. The molecular formula is C27H31FN8O4S. The van der Waals surface area contributed by atoms with Crippen LogP contribution in [0.2, 0.25) is 0 Å². The van der Waals surface area contributed by atoms with Gasteiger partial charge >= 0.3 is 5.69 Å². The number of rotatable bonds is 9. The number of aromatic nitrogens is 5. The molecule has 1 aliphatic heterocycles. The molecule has 1 unspecified atom stereocenters. The predicted octanol–water partition coefficient (Wildman–Crippen LogP) is 1.94. The molecule has 1 fully saturated rings. The number of nitrogen functional groups attached to an aromatic ring is 1. The molecule has 12 nitrogen and oxygen atoms in total. The Kier molecular flexibility index (Phi) is 7.36. The SMILES string of the molecule is Cn1c(=O)n(CCN2CCN(c3ccc(OCC[S+](C)[O-])cc3F)CC2)c2nc(N)n3nc(-c4ccco4)cc3c21. The van der Waals surface area contributed by atoms with Gasteiger partial charge < -0.3 is 24.3 Å². The molecule has 0 spiro atoms. The van der Waals surface area contributed by atoms with Crippen molar-refractivity contribution in [1.82, 2.24) is 28.6 Å². The number of nitrogens with two attached hydrogens (primary N) is 1. The third-order valence-electron chi connectivity index (χ3n) is 7.40. The Morgan fingerprint density at radius 2 is 1.98 bits per heavy atom. The Hall–Kier alpha value is -4.01. The molecule has 1 aliphatic rings. The van der Waals surface area contributed by atoms with Crippen molar-refractivity contribution in [3.63, 3.8) is 0 Å². The number of fused-ring (bicyclic) bond motifs is 3. The summed E-state index contributed by atoms with van der Waals surface area (Å²) < 4.78 is 41.8. The van der Waals surface area contributed by atoms with Gasteiger partial charge in [0.05, 0.1) is 23.7 Å². The minimum atomic E-state index is -0.957. The van der Waals surface area contributed by atoms with Crippen molar-refractivity contribution in [2.45, 2.75) is 6.54 Å². The summed E-state index contributed by atoms with van der Waals surface area (Å²) in [6.45, 7) is 4.07. The van der Waals surface area contributed by atoms with Gasteiger partial charge in [0, 0.05) is 52.4 Å². The second-order valence-electron chi connectivity index (χ2n) is 10.0. The number of imidazole rings is 1. The van der Waals surface area contributed by atoms with E-state index in [-0.39, 0.29) is 24.1 Å². The van der Waals surface area contributed by atoms with Crippen molar-refractivity contribution < 1.29 is 18.1 Å². The Bertz CT molecular complexity index is 1740. The summed E-state index contributed by atoms with van der Waals surface area (Å²) in [4.78, 5) is 22.0. The molecule has 4 aromatic heterocycles. The zero-order valence-electron chi connectivity index (χ0n) is 22.8. The van der Waals surface area contributed by atoms with Crippen LogP contribution in [0.4, 0.5) is 16.0 Å². The minimum Gasteiger partial charge on any atom is -0.616 e. The van der Waals surface area contributed by atoms with E-state index in [1.165, 1.54) is 10.6 Å². The third-order valence-corrected chi connectivity index (χ3v) is 8.14. The minimum absolute atomic E-state index is 0.178. The Morgan fingerprint density at radius 3 is 2.68 bits per heavy atom. The number of hydrogen-bond acceptors (Lipinski definition) is 9. The van der Waals surface area contributed by atoms with E-state index < -0.39 is 11.2 Å². The third kappa shape index (κ3) is 5.25. The summed E-state index contributed by atoms with van der Waals surface area (Å²) in [5.41, 5.74) is 9.01. The first-order valence-corrected chi connectivity index (χ1v) is 15.0. The molecule has 0 bridgehead atoms. The first kappa shape index (κ1) is 27.2. The molecule has 5 aromatic rings. The van der Waals surface area contributed by atoms with Gasteiger partial charge in [-0.25, -0.2) is 9.18 Å². The monoisotopic (exact) mass is 582 g/mol. The van der Waals surface area contributed by atoms with Gasteiger partial charge in [0.25, 0.3) is 0 Å². The van der Waals surface area contributed by atoms with Crippen molar-refractivity contribution in [1.29, 1.82) is 0 Å². The van der Waals surface area contributed by atoms with Crippen molar-refractivity contribution in [2.75, 3.05) is 62.0 Å². The average molecular weight is 583 g/mol. The summed E-state index contributed by atoms with van der Waals surface area (Å²) in [6, 6.07) is 10.3. The average Bonchev–Trinajstić information content (AvgIpc) is 3.68. The van der Waals surface area contributed by atoms with Crippen LogP contribution in [-0.2, 0) is 24.8 Å². The molecule has 0 aliphatic carbocycles. The normalized spacial score (nSPS) is 15.3. The van der Waals surface area contributed by atoms with E-state index in [2.05, 4.69) is 15.0 Å². The standard InChI is InChI=1S/C27H31FN8O4S/c1-32-24-22-17-20(23-4-3-13-40-23)31-36(22)26(29)30-25(24)35(27(32)37)12-9-33-7-10-34(11-8-33)21-6-5-18(16-19(21)28)39-14-15-41(2)38/h3-6,13,16-17H,7-12,14-15H2,1-2H3,(H2,29,30). The van der Waals surface area contributed by atoms with E-state index in [4.69, 9.17) is 14.9 Å². The van der Waals surface area contributed by atoms with Crippen LogP contribution in [0.5, 0.6) is 5.75 Å². The van der Waals surface area contributed by atoms with Gasteiger partial charge in [-0.3, -0.25) is 14.0 Å². The fourth-order valence-corrected chi connectivity index (χ4v) is 5.55. The zero-order chi connectivity index (χ0) is 28.7. The number of anilines is 2. The van der Waals surface area contributed by atoms with Crippen LogP contribution in [0.3, 0.4) is 0 Å². The van der Waals surface area contributed by atoms with Gasteiger partial charge in [0.1, 0.15) is 35.1 Å². The lowest BCUT2D eigenvalue weighted by atomic mass is 10.2. The van der Waals surface area contributed by atoms with E-state index in [1.807, 2.05) is 17.0 Å². The van der Waals surface area contributed by atoms with Crippen molar-refractivity contribution in [2.24, 2.45) is 7.05 Å². The molecular weight excluding hydrogens is 551 g/mol. The molecule has 1 aromatic carbocycles. The number of aryl methyl sites for hydroxylation is 1. The molecule has 41 heavy (non-hydrogen) atoms. The number of piperazine rings is 1. The van der Waals surface area contributed by atoms with Crippen LogP contribution < -0.4 is 21.1 Å². The molecule has 2 N–H and O–H groups in total. The van der Waals surface area contributed by atoms with E-state index in [9.17, 15) is 13.7 Å². The van der Waals surface area contributed by atoms with Crippen molar-refractivity contribution in [3.05, 3.63) is 59.0 Å². The maximum absolute atomic E-state index is 14.8. The number of benzene rings is 1. The number of furan rings is 1. The summed E-state index contributed by atoms with van der Waals surface area (Å²) in [5, 5.41) is 4.52. The van der Waals surface area contributed by atoms with Gasteiger partial charge in [-0.1, -0.05) is 11.2 Å². The van der Waals surface area contributed by atoms with Crippen LogP contribution in [0.1, 0.15) is 0 Å². The van der Waals surface area contributed by atoms with Crippen molar-refractivity contribution in [3.8, 4) is 17.2 Å². The lowest BCUT2D eigenvalue weighted by Crippen LogP contribution is -2.47. The molecule has 216 valence electrons. The Morgan fingerprint density at radius 1 is 1.17 bits per heavy atom. The quantitative estimate of drug-likeness (QED) is 0.259. The van der Waals surface area contributed by atoms with Crippen LogP contribution in [0.25, 0.3) is 28.1 Å². The second kappa shape index (κ2) is 11.1. The van der Waals surface area contributed by atoms with Crippen LogP contribution in [-0.4, -0.2) is 84.5 Å². The summed E-state index contributed by atoms with van der Waals surface area (Å²) in [7, 11) is 1.72. The van der Waals surface area contributed by atoms with E-state index in [0.717, 1.165) is 0 Å². The highest BCUT2D eigenvalue weighted by molar-refractivity contribution is 7.90. The summed E-state index contributed by atoms with van der Waals surface area (Å²) in [5.74, 6) is 1.26. The molecule has 14 heteroatoms. The first-order valence-electron chi connectivity index (χ1n) is 13.3. The lowest BCUT2D eigenvalue weighted by molar-refractivity contribution is 0.247. The van der Waals surface area contributed by atoms with E-state index >= 15 is 0 Å². The summed E-state index contributed by atoms with van der Waals surface area (Å²) in [6.07, 6.45) is 3.18. The summed E-state index contributed by atoms with van der Waals surface area (Å²) >= 11 is -0.957.